The molecule has 0 aliphatic heterocycles. The van der Waals surface area contributed by atoms with Crippen LogP contribution in [0.3, 0.4) is 0 Å². The van der Waals surface area contributed by atoms with Gasteiger partial charge >= 0.3 is 0 Å². The number of nitrogens with one attached hydrogen (secondary N) is 1. The topological polar surface area (TPSA) is 12.0 Å². The van der Waals surface area contributed by atoms with Crippen LogP contribution in [0.25, 0.3) is 0 Å². The second kappa shape index (κ2) is 5.41. The molecule has 17 heavy (non-hydrogen) atoms. The van der Waals surface area contributed by atoms with Crippen LogP contribution in [0.4, 0.5) is 0 Å². The molecule has 1 aliphatic rings. The van der Waals surface area contributed by atoms with Crippen molar-refractivity contribution >= 4 is 11.6 Å². The van der Waals surface area contributed by atoms with Gasteiger partial charge in [-0.2, -0.15) is 0 Å². The number of hydrogen-bond donors (Lipinski definition) is 1. The summed E-state index contributed by atoms with van der Waals surface area (Å²) in [5, 5.41) is 4.58. The highest BCUT2D eigenvalue weighted by atomic mass is 35.5. The van der Waals surface area contributed by atoms with Gasteiger partial charge in [0.2, 0.25) is 0 Å². The molecule has 0 amide bonds. The largest absolute Gasteiger partial charge is 0.310 e. The van der Waals surface area contributed by atoms with Crippen molar-refractivity contribution < 1.29 is 0 Å². The van der Waals surface area contributed by atoms with Crippen LogP contribution in [0, 0.1) is 13.8 Å². The average Bonchev–Trinajstić information content (AvgIpc) is 2.50. The second-order valence-electron chi connectivity index (χ2n) is 5.05. The van der Waals surface area contributed by atoms with Gasteiger partial charge < -0.3 is 5.32 Å². The van der Waals surface area contributed by atoms with Crippen molar-refractivity contribution in [2.24, 2.45) is 0 Å². The van der Waals surface area contributed by atoms with E-state index in [1.54, 1.807) is 0 Å². The molecule has 1 nitrogen and oxygen atoms in total. The van der Waals surface area contributed by atoms with Crippen molar-refractivity contribution in [2.75, 3.05) is 6.54 Å². The molecule has 1 N–H and O–H groups in total. The minimum atomic E-state index is 0.495. The quantitative estimate of drug-likeness (QED) is 0.772. The first-order valence-corrected chi connectivity index (χ1v) is 7.04. The van der Waals surface area contributed by atoms with Crippen LogP contribution in [0.2, 0.25) is 5.02 Å². The highest BCUT2D eigenvalue weighted by Crippen LogP contribution is 2.36. The minimum Gasteiger partial charge on any atom is -0.310 e. The number of halogens is 1. The number of hydrogen-bond acceptors (Lipinski definition) is 1. The van der Waals surface area contributed by atoms with E-state index in [2.05, 4.69) is 32.2 Å². The molecule has 0 saturated carbocycles. The van der Waals surface area contributed by atoms with E-state index in [1.807, 2.05) is 0 Å². The van der Waals surface area contributed by atoms with E-state index in [0.717, 1.165) is 18.0 Å². The Labute approximate surface area is 110 Å². The summed E-state index contributed by atoms with van der Waals surface area (Å²) in [6.07, 6.45) is 4.93. The van der Waals surface area contributed by atoms with Crippen LogP contribution in [-0.2, 0) is 6.42 Å². The maximum atomic E-state index is 6.43. The highest BCUT2D eigenvalue weighted by molar-refractivity contribution is 6.31. The van der Waals surface area contributed by atoms with E-state index >= 15 is 0 Å². The van der Waals surface area contributed by atoms with Gasteiger partial charge in [-0.05, 0) is 68.0 Å². The van der Waals surface area contributed by atoms with Gasteiger partial charge in [-0.1, -0.05) is 24.9 Å². The summed E-state index contributed by atoms with van der Waals surface area (Å²) >= 11 is 6.43. The third-order valence-corrected chi connectivity index (χ3v) is 4.26. The first-order valence-electron chi connectivity index (χ1n) is 6.67. The molecule has 0 fully saturated rings. The van der Waals surface area contributed by atoms with Crippen LogP contribution in [-0.4, -0.2) is 6.54 Å². The van der Waals surface area contributed by atoms with Crippen LogP contribution < -0.4 is 5.32 Å². The lowest BCUT2D eigenvalue weighted by Gasteiger charge is -2.23. The smallest absolute Gasteiger partial charge is 0.0444 e. The van der Waals surface area contributed by atoms with Gasteiger partial charge in [0, 0.05) is 11.1 Å². The summed E-state index contributed by atoms with van der Waals surface area (Å²) in [5.74, 6) is 0. The van der Waals surface area contributed by atoms with Crippen LogP contribution in [0.5, 0.6) is 0 Å². The van der Waals surface area contributed by atoms with E-state index in [4.69, 9.17) is 11.6 Å². The van der Waals surface area contributed by atoms with Crippen LogP contribution >= 0.6 is 11.6 Å². The molecule has 1 atom stereocenters. The summed E-state index contributed by atoms with van der Waals surface area (Å²) in [6, 6.07) is 2.62. The third kappa shape index (κ3) is 2.51. The SMILES string of the molecule is CCNC1CCCCc2c(Cl)cc(C)c(C)c21. The zero-order chi connectivity index (χ0) is 12.4. The molecule has 1 aromatic carbocycles. The molecule has 2 rings (SSSR count). The fraction of sp³-hybridized carbons (Fsp3) is 0.600. The fourth-order valence-electron chi connectivity index (χ4n) is 2.92. The molecule has 0 aromatic heterocycles. The molecule has 94 valence electrons. The standard InChI is InChI=1S/C15H22ClN/c1-4-17-14-8-6-5-7-12-13(16)9-10(2)11(3)15(12)14/h9,14,17H,4-8H2,1-3H3. The lowest BCUT2D eigenvalue weighted by molar-refractivity contribution is 0.502. The van der Waals surface area contributed by atoms with E-state index in [0.29, 0.717) is 6.04 Å². The minimum absolute atomic E-state index is 0.495. The summed E-state index contributed by atoms with van der Waals surface area (Å²) in [5.41, 5.74) is 5.61. The Bertz CT molecular complexity index is 412. The van der Waals surface area contributed by atoms with Gasteiger partial charge in [-0.3, -0.25) is 0 Å². The van der Waals surface area contributed by atoms with Gasteiger partial charge in [0.05, 0.1) is 0 Å². The van der Waals surface area contributed by atoms with Crippen molar-refractivity contribution in [3.05, 3.63) is 33.3 Å². The predicted octanol–water partition coefficient (Wildman–Crippen LogP) is 4.33. The van der Waals surface area contributed by atoms with Crippen molar-refractivity contribution in [3.63, 3.8) is 0 Å². The molecule has 0 heterocycles. The summed E-state index contributed by atoms with van der Waals surface area (Å²) < 4.78 is 0. The van der Waals surface area contributed by atoms with Gasteiger partial charge in [0.15, 0.2) is 0 Å². The van der Waals surface area contributed by atoms with Crippen molar-refractivity contribution in [3.8, 4) is 0 Å². The first kappa shape index (κ1) is 12.9. The second-order valence-corrected chi connectivity index (χ2v) is 5.46. The molecule has 2 heteroatoms. The molecule has 1 aromatic rings. The normalized spacial score (nSPS) is 19.9. The Hall–Kier alpha value is -0.530. The molecule has 1 unspecified atom stereocenters. The molecule has 1 aliphatic carbocycles. The Balaban J connectivity index is 2.54. The van der Waals surface area contributed by atoms with Crippen molar-refractivity contribution in [2.45, 2.75) is 52.5 Å². The van der Waals surface area contributed by atoms with Crippen LogP contribution in [0.1, 0.15) is 54.5 Å². The van der Waals surface area contributed by atoms with E-state index in [1.165, 1.54) is 41.5 Å². The Morgan fingerprint density at radius 2 is 2.12 bits per heavy atom. The molecular weight excluding hydrogens is 230 g/mol. The molecular formula is C15H22ClN. The maximum Gasteiger partial charge on any atom is 0.0444 e. The van der Waals surface area contributed by atoms with E-state index in [9.17, 15) is 0 Å². The predicted molar refractivity (Wildman–Crippen MR) is 74.9 cm³/mol. The number of benzene rings is 1. The summed E-state index contributed by atoms with van der Waals surface area (Å²) in [7, 11) is 0. The third-order valence-electron chi connectivity index (χ3n) is 3.92. The van der Waals surface area contributed by atoms with E-state index < -0.39 is 0 Å². The zero-order valence-corrected chi connectivity index (χ0v) is 11.8. The maximum absolute atomic E-state index is 6.43. The van der Waals surface area contributed by atoms with Crippen molar-refractivity contribution in [1.29, 1.82) is 0 Å². The summed E-state index contributed by atoms with van der Waals surface area (Å²) in [6.45, 7) is 7.60. The average molecular weight is 252 g/mol. The lowest BCUT2D eigenvalue weighted by atomic mass is 9.91. The van der Waals surface area contributed by atoms with Crippen molar-refractivity contribution in [1.82, 2.24) is 5.32 Å². The van der Waals surface area contributed by atoms with Gasteiger partial charge in [0.1, 0.15) is 0 Å². The van der Waals surface area contributed by atoms with Gasteiger partial charge in [0.25, 0.3) is 0 Å². The monoisotopic (exact) mass is 251 g/mol. The van der Waals surface area contributed by atoms with E-state index in [-0.39, 0.29) is 0 Å². The first-order chi connectivity index (χ1) is 8.15. The Morgan fingerprint density at radius 1 is 1.35 bits per heavy atom. The number of aryl methyl sites for hydroxylation is 1. The number of rotatable bonds is 2. The van der Waals surface area contributed by atoms with Gasteiger partial charge in [-0.25, -0.2) is 0 Å². The molecule has 0 spiro atoms. The van der Waals surface area contributed by atoms with Crippen LogP contribution in [0.15, 0.2) is 6.07 Å². The zero-order valence-electron chi connectivity index (χ0n) is 11.1. The highest BCUT2D eigenvalue weighted by Gasteiger charge is 2.22. The Morgan fingerprint density at radius 3 is 2.82 bits per heavy atom. The Kier molecular flexibility index (Phi) is 4.11. The fourth-order valence-corrected chi connectivity index (χ4v) is 3.28. The number of fused-ring (bicyclic) bond motifs is 1. The summed E-state index contributed by atoms with van der Waals surface area (Å²) in [4.78, 5) is 0. The van der Waals surface area contributed by atoms with Gasteiger partial charge in [-0.15, -0.1) is 0 Å². The lowest BCUT2D eigenvalue weighted by Crippen LogP contribution is -2.22. The molecule has 0 radical (unpaired) electrons. The molecule has 0 bridgehead atoms. The molecule has 0 saturated heterocycles.